The zero-order valence-electron chi connectivity index (χ0n) is 9.78. The van der Waals surface area contributed by atoms with Gasteiger partial charge in [0.05, 0.1) is 17.8 Å². The lowest BCUT2D eigenvalue weighted by molar-refractivity contribution is 0.102. The number of benzene rings is 1. The van der Waals surface area contributed by atoms with Crippen molar-refractivity contribution >= 4 is 37.6 Å². The summed E-state index contributed by atoms with van der Waals surface area (Å²) in [5.41, 5.74) is 1.04. The average Bonchev–Trinajstić information content (AvgIpc) is 2.69. The Morgan fingerprint density at radius 1 is 1.33 bits per heavy atom. The van der Waals surface area contributed by atoms with Gasteiger partial charge in [-0.2, -0.15) is 5.10 Å². The molecule has 0 aliphatic carbocycles. The SMILES string of the molecule is COc1ccc(Br)c(C(=O)c2c(Br)cnn2C)c1. The van der Waals surface area contributed by atoms with Crippen LogP contribution in [-0.2, 0) is 7.05 Å². The molecule has 0 radical (unpaired) electrons. The Morgan fingerprint density at radius 2 is 2.06 bits per heavy atom. The maximum atomic E-state index is 12.5. The summed E-state index contributed by atoms with van der Waals surface area (Å²) in [6.45, 7) is 0. The molecule has 0 bridgehead atoms. The van der Waals surface area contributed by atoms with Crippen molar-refractivity contribution in [3.63, 3.8) is 0 Å². The third kappa shape index (κ3) is 2.35. The highest BCUT2D eigenvalue weighted by Crippen LogP contribution is 2.27. The van der Waals surface area contributed by atoms with Crippen molar-refractivity contribution in [2.24, 2.45) is 7.05 Å². The topological polar surface area (TPSA) is 44.1 Å². The van der Waals surface area contributed by atoms with Gasteiger partial charge in [-0.25, -0.2) is 0 Å². The highest BCUT2D eigenvalue weighted by molar-refractivity contribution is 9.10. The van der Waals surface area contributed by atoms with E-state index < -0.39 is 0 Å². The number of hydrogen-bond donors (Lipinski definition) is 0. The fourth-order valence-corrected chi connectivity index (χ4v) is 2.55. The van der Waals surface area contributed by atoms with E-state index in [1.807, 2.05) is 0 Å². The van der Waals surface area contributed by atoms with Crippen molar-refractivity contribution in [1.29, 1.82) is 0 Å². The minimum atomic E-state index is -0.118. The van der Waals surface area contributed by atoms with Crippen LogP contribution in [0.5, 0.6) is 5.75 Å². The van der Waals surface area contributed by atoms with Gasteiger partial charge < -0.3 is 4.74 Å². The number of carbonyl (C=O) groups is 1. The molecule has 0 spiro atoms. The molecule has 0 N–H and O–H groups in total. The number of ketones is 1. The van der Waals surface area contributed by atoms with Crippen LogP contribution in [-0.4, -0.2) is 22.7 Å². The number of nitrogens with zero attached hydrogens (tertiary/aromatic N) is 2. The zero-order chi connectivity index (χ0) is 13.3. The second-order valence-electron chi connectivity index (χ2n) is 3.64. The highest BCUT2D eigenvalue weighted by atomic mass is 79.9. The number of rotatable bonds is 3. The van der Waals surface area contributed by atoms with E-state index in [1.54, 1.807) is 43.2 Å². The smallest absolute Gasteiger partial charge is 0.213 e. The van der Waals surface area contributed by atoms with Gasteiger partial charge in [-0.3, -0.25) is 9.48 Å². The van der Waals surface area contributed by atoms with Crippen molar-refractivity contribution < 1.29 is 9.53 Å². The summed E-state index contributed by atoms with van der Waals surface area (Å²) in [5.74, 6) is 0.521. The number of methoxy groups -OCH3 is 1. The first kappa shape index (κ1) is 13.3. The summed E-state index contributed by atoms with van der Waals surface area (Å²) in [6, 6.07) is 5.28. The molecule has 1 aromatic heterocycles. The average molecular weight is 374 g/mol. The number of ether oxygens (including phenoxy) is 1. The van der Waals surface area contributed by atoms with E-state index in [-0.39, 0.29) is 5.78 Å². The Balaban J connectivity index is 2.52. The molecule has 0 saturated carbocycles. The van der Waals surface area contributed by atoms with Gasteiger partial charge in [0.25, 0.3) is 0 Å². The molecule has 1 aromatic carbocycles. The highest BCUT2D eigenvalue weighted by Gasteiger charge is 2.20. The number of carbonyl (C=O) groups excluding carboxylic acids is 1. The number of aromatic nitrogens is 2. The summed E-state index contributed by atoms with van der Waals surface area (Å²) in [4.78, 5) is 12.5. The van der Waals surface area contributed by atoms with Crippen LogP contribution in [0.4, 0.5) is 0 Å². The molecule has 0 saturated heterocycles. The molecule has 1 heterocycles. The van der Waals surface area contributed by atoms with Gasteiger partial charge in [0.2, 0.25) is 5.78 Å². The van der Waals surface area contributed by atoms with E-state index in [1.165, 1.54) is 0 Å². The normalized spacial score (nSPS) is 10.4. The quantitative estimate of drug-likeness (QED) is 0.776. The lowest BCUT2D eigenvalue weighted by Gasteiger charge is -2.07. The predicted molar refractivity (Wildman–Crippen MR) is 75.0 cm³/mol. The van der Waals surface area contributed by atoms with Crippen LogP contribution < -0.4 is 4.74 Å². The van der Waals surface area contributed by atoms with Crippen LogP contribution in [0.25, 0.3) is 0 Å². The minimum Gasteiger partial charge on any atom is -0.497 e. The lowest BCUT2D eigenvalue weighted by atomic mass is 10.1. The number of aryl methyl sites for hydroxylation is 1. The third-order valence-corrected chi connectivity index (χ3v) is 3.80. The van der Waals surface area contributed by atoms with Crippen LogP contribution in [0.3, 0.4) is 0 Å². The Morgan fingerprint density at radius 3 is 2.61 bits per heavy atom. The van der Waals surface area contributed by atoms with Gasteiger partial charge in [0.1, 0.15) is 11.4 Å². The summed E-state index contributed by atoms with van der Waals surface area (Å²) in [5, 5.41) is 4.04. The summed E-state index contributed by atoms with van der Waals surface area (Å²) < 4.78 is 8.07. The Kier molecular flexibility index (Phi) is 3.87. The molecule has 0 fully saturated rings. The van der Waals surface area contributed by atoms with Gasteiger partial charge in [-0.05, 0) is 34.1 Å². The predicted octanol–water partition coefficient (Wildman–Crippen LogP) is 3.18. The molecule has 18 heavy (non-hydrogen) atoms. The number of hydrogen-bond acceptors (Lipinski definition) is 3. The molecular formula is C12H10Br2N2O2. The van der Waals surface area contributed by atoms with Crippen LogP contribution in [0.2, 0.25) is 0 Å². The zero-order valence-corrected chi connectivity index (χ0v) is 12.9. The first-order valence-corrected chi connectivity index (χ1v) is 6.69. The van der Waals surface area contributed by atoms with E-state index >= 15 is 0 Å². The van der Waals surface area contributed by atoms with Gasteiger partial charge in [-0.15, -0.1) is 0 Å². The molecule has 6 heteroatoms. The van der Waals surface area contributed by atoms with Crippen molar-refractivity contribution in [3.8, 4) is 5.75 Å². The summed E-state index contributed by atoms with van der Waals surface area (Å²) in [6.07, 6.45) is 1.60. The summed E-state index contributed by atoms with van der Waals surface area (Å²) in [7, 11) is 3.30. The second-order valence-corrected chi connectivity index (χ2v) is 5.35. The maximum absolute atomic E-state index is 12.5. The Bertz CT molecular complexity index is 589. The molecule has 2 aromatic rings. The molecule has 0 aliphatic rings. The fourth-order valence-electron chi connectivity index (χ4n) is 1.60. The van der Waals surface area contributed by atoms with E-state index in [2.05, 4.69) is 37.0 Å². The van der Waals surface area contributed by atoms with Crippen molar-refractivity contribution in [2.45, 2.75) is 0 Å². The first-order valence-electron chi connectivity index (χ1n) is 5.10. The monoisotopic (exact) mass is 372 g/mol. The second kappa shape index (κ2) is 5.24. The standard InChI is InChI=1S/C12H10Br2N2O2/c1-16-11(10(14)6-15-16)12(17)8-5-7(18-2)3-4-9(8)13/h3-6H,1-2H3. The van der Waals surface area contributed by atoms with Gasteiger partial charge in [-0.1, -0.05) is 15.9 Å². The van der Waals surface area contributed by atoms with Crippen LogP contribution in [0, 0.1) is 0 Å². The molecule has 0 atom stereocenters. The van der Waals surface area contributed by atoms with Crippen molar-refractivity contribution in [3.05, 3.63) is 44.6 Å². The Hall–Kier alpha value is -1.14. The summed E-state index contributed by atoms with van der Waals surface area (Å²) >= 11 is 6.70. The van der Waals surface area contributed by atoms with E-state index in [0.717, 1.165) is 4.47 Å². The maximum Gasteiger partial charge on any atom is 0.213 e. The van der Waals surface area contributed by atoms with Crippen LogP contribution >= 0.6 is 31.9 Å². The van der Waals surface area contributed by atoms with E-state index in [9.17, 15) is 4.79 Å². The first-order chi connectivity index (χ1) is 8.54. The molecule has 94 valence electrons. The van der Waals surface area contributed by atoms with Crippen molar-refractivity contribution in [1.82, 2.24) is 9.78 Å². The van der Waals surface area contributed by atoms with E-state index in [0.29, 0.717) is 21.5 Å². The van der Waals surface area contributed by atoms with Gasteiger partial charge >= 0.3 is 0 Å². The fraction of sp³-hybridized carbons (Fsp3) is 0.167. The van der Waals surface area contributed by atoms with Gasteiger partial charge in [0.15, 0.2) is 0 Å². The molecule has 0 amide bonds. The molecule has 4 nitrogen and oxygen atoms in total. The lowest BCUT2D eigenvalue weighted by Crippen LogP contribution is -2.09. The Labute approximate surface area is 121 Å². The van der Waals surface area contributed by atoms with Crippen LogP contribution in [0.15, 0.2) is 33.3 Å². The number of halogens is 2. The molecular weight excluding hydrogens is 364 g/mol. The van der Waals surface area contributed by atoms with Crippen LogP contribution in [0.1, 0.15) is 16.1 Å². The van der Waals surface area contributed by atoms with Gasteiger partial charge in [0, 0.05) is 17.1 Å². The molecule has 0 aliphatic heterocycles. The minimum absolute atomic E-state index is 0.118. The molecule has 0 unspecified atom stereocenters. The van der Waals surface area contributed by atoms with E-state index in [4.69, 9.17) is 4.74 Å². The third-order valence-electron chi connectivity index (χ3n) is 2.53. The largest absolute Gasteiger partial charge is 0.497 e. The molecule has 2 rings (SSSR count). The van der Waals surface area contributed by atoms with Crippen molar-refractivity contribution in [2.75, 3.05) is 7.11 Å².